The van der Waals surface area contributed by atoms with Crippen LogP contribution >= 0.6 is 15.9 Å². The first-order valence-electron chi connectivity index (χ1n) is 6.15. The monoisotopic (exact) mass is 280 g/mol. The van der Waals surface area contributed by atoms with Crippen molar-refractivity contribution in [2.75, 3.05) is 5.33 Å². The summed E-state index contributed by atoms with van der Waals surface area (Å²) in [5.41, 5.74) is 1.94. The van der Waals surface area contributed by atoms with E-state index in [2.05, 4.69) is 67.0 Å². The standard InChI is InChI=1S/C15H21Br/c1-15(2,3)14(10-16)13-9-12(13)11-7-5-4-6-8-11/h4-8,12-14H,9-10H2,1-3H3. The molecule has 3 atom stereocenters. The summed E-state index contributed by atoms with van der Waals surface area (Å²) in [6.45, 7) is 7.08. The fourth-order valence-electron chi connectivity index (χ4n) is 2.73. The first-order valence-corrected chi connectivity index (χ1v) is 7.27. The molecule has 0 bridgehead atoms. The predicted molar refractivity (Wildman–Crippen MR) is 74.0 cm³/mol. The van der Waals surface area contributed by atoms with Gasteiger partial charge in [0.15, 0.2) is 0 Å². The highest BCUT2D eigenvalue weighted by molar-refractivity contribution is 9.09. The minimum absolute atomic E-state index is 0.414. The van der Waals surface area contributed by atoms with Crippen molar-refractivity contribution < 1.29 is 0 Å². The topological polar surface area (TPSA) is 0 Å². The highest BCUT2D eigenvalue weighted by atomic mass is 79.9. The van der Waals surface area contributed by atoms with Gasteiger partial charge in [0.25, 0.3) is 0 Å². The Morgan fingerprint density at radius 2 is 1.88 bits per heavy atom. The number of halogens is 1. The predicted octanol–water partition coefficient (Wildman–Crippen LogP) is 4.85. The molecule has 1 saturated carbocycles. The maximum Gasteiger partial charge on any atom is 0.00675 e. The van der Waals surface area contributed by atoms with Crippen LogP contribution in [0.4, 0.5) is 0 Å². The number of rotatable bonds is 3. The summed E-state index contributed by atoms with van der Waals surface area (Å²) < 4.78 is 0. The SMILES string of the molecule is CC(C)(C)C(CBr)C1CC1c1ccccc1. The molecule has 0 spiro atoms. The van der Waals surface area contributed by atoms with Gasteiger partial charge in [-0.3, -0.25) is 0 Å². The summed E-state index contributed by atoms with van der Waals surface area (Å²) in [6.07, 6.45) is 1.37. The average Bonchev–Trinajstić information content (AvgIpc) is 2.98. The van der Waals surface area contributed by atoms with Crippen LogP contribution in [0.15, 0.2) is 30.3 Å². The van der Waals surface area contributed by atoms with E-state index in [9.17, 15) is 0 Å². The number of benzene rings is 1. The van der Waals surface area contributed by atoms with E-state index in [1.807, 2.05) is 0 Å². The molecule has 0 N–H and O–H groups in total. The molecule has 0 saturated heterocycles. The number of hydrogen-bond acceptors (Lipinski definition) is 0. The normalized spacial score (nSPS) is 26.5. The van der Waals surface area contributed by atoms with Crippen molar-refractivity contribution in [3.63, 3.8) is 0 Å². The highest BCUT2D eigenvalue weighted by Gasteiger charge is 2.46. The van der Waals surface area contributed by atoms with Crippen LogP contribution in [0.2, 0.25) is 0 Å². The Bertz CT molecular complexity index is 336. The van der Waals surface area contributed by atoms with Gasteiger partial charge in [0, 0.05) is 5.33 Å². The highest BCUT2D eigenvalue weighted by Crippen LogP contribution is 2.56. The van der Waals surface area contributed by atoms with Crippen LogP contribution < -0.4 is 0 Å². The zero-order valence-corrected chi connectivity index (χ0v) is 12.0. The number of alkyl halides is 1. The molecule has 1 aliphatic rings. The third-order valence-electron chi connectivity index (χ3n) is 3.86. The molecule has 0 radical (unpaired) electrons. The van der Waals surface area contributed by atoms with E-state index in [0.29, 0.717) is 5.41 Å². The second-order valence-corrected chi connectivity index (χ2v) is 6.69. The molecule has 0 amide bonds. The van der Waals surface area contributed by atoms with E-state index < -0.39 is 0 Å². The van der Waals surface area contributed by atoms with E-state index in [1.165, 1.54) is 12.0 Å². The third kappa shape index (κ3) is 2.51. The summed E-state index contributed by atoms with van der Waals surface area (Å²) in [5, 5.41) is 1.13. The van der Waals surface area contributed by atoms with Crippen molar-refractivity contribution in [1.29, 1.82) is 0 Å². The van der Waals surface area contributed by atoms with Crippen LogP contribution in [0.5, 0.6) is 0 Å². The molecule has 0 heterocycles. The zero-order valence-electron chi connectivity index (χ0n) is 10.4. The molecule has 88 valence electrons. The molecular formula is C15H21Br. The van der Waals surface area contributed by atoms with Crippen LogP contribution in [0.25, 0.3) is 0 Å². The fourth-order valence-corrected chi connectivity index (χ4v) is 4.18. The first kappa shape index (κ1) is 12.2. The fraction of sp³-hybridized carbons (Fsp3) is 0.600. The second kappa shape index (κ2) is 4.52. The van der Waals surface area contributed by atoms with Crippen LogP contribution in [0, 0.1) is 17.3 Å². The lowest BCUT2D eigenvalue weighted by molar-refractivity contribution is 0.235. The van der Waals surface area contributed by atoms with Crippen LogP contribution in [-0.2, 0) is 0 Å². The van der Waals surface area contributed by atoms with Gasteiger partial charge in [-0.2, -0.15) is 0 Å². The summed E-state index contributed by atoms with van der Waals surface area (Å²) in [6, 6.07) is 11.0. The lowest BCUT2D eigenvalue weighted by Crippen LogP contribution is -2.24. The zero-order chi connectivity index (χ0) is 11.8. The maximum atomic E-state index is 3.69. The molecular weight excluding hydrogens is 260 g/mol. The van der Waals surface area contributed by atoms with Crippen molar-refractivity contribution in [3.8, 4) is 0 Å². The summed E-state index contributed by atoms with van der Waals surface area (Å²) in [5.74, 6) is 2.47. The molecule has 0 aromatic heterocycles. The molecule has 3 unspecified atom stereocenters. The Balaban J connectivity index is 2.06. The van der Waals surface area contributed by atoms with Crippen molar-refractivity contribution >= 4 is 15.9 Å². The van der Waals surface area contributed by atoms with E-state index in [-0.39, 0.29) is 0 Å². The molecule has 1 aromatic carbocycles. The van der Waals surface area contributed by atoms with Gasteiger partial charge in [-0.15, -0.1) is 0 Å². The molecule has 2 rings (SSSR count). The van der Waals surface area contributed by atoms with Crippen molar-refractivity contribution in [3.05, 3.63) is 35.9 Å². The van der Waals surface area contributed by atoms with Crippen LogP contribution in [-0.4, -0.2) is 5.33 Å². The number of hydrogen-bond donors (Lipinski definition) is 0. The largest absolute Gasteiger partial charge is 0.0925 e. The minimum atomic E-state index is 0.414. The Kier molecular flexibility index (Phi) is 3.44. The molecule has 16 heavy (non-hydrogen) atoms. The molecule has 1 fully saturated rings. The second-order valence-electron chi connectivity index (χ2n) is 6.04. The average molecular weight is 281 g/mol. The van der Waals surface area contributed by atoms with Gasteiger partial charge in [0.05, 0.1) is 0 Å². The van der Waals surface area contributed by atoms with Gasteiger partial charge in [-0.05, 0) is 35.2 Å². The Hall–Kier alpha value is -0.300. The smallest absolute Gasteiger partial charge is 0.00675 e. The Morgan fingerprint density at radius 1 is 1.25 bits per heavy atom. The van der Waals surface area contributed by atoms with Gasteiger partial charge in [0.2, 0.25) is 0 Å². The van der Waals surface area contributed by atoms with Crippen molar-refractivity contribution in [1.82, 2.24) is 0 Å². The van der Waals surface area contributed by atoms with Gasteiger partial charge in [-0.25, -0.2) is 0 Å². The first-order chi connectivity index (χ1) is 7.54. The van der Waals surface area contributed by atoms with Gasteiger partial charge in [0.1, 0.15) is 0 Å². The molecule has 0 aliphatic heterocycles. The summed E-state index contributed by atoms with van der Waals surface area (Å²) >= 11 is 3.69. The van der Waals surface area contributed by atoms with E-state index in [1.54, 1.807) is 0 Å². The lowest BCUT2D eigenvalue weighted by Gasteiger charge is -2.29. The van der Waals surface area contributed by atoms with Crippen molar-refractivity contribution in [2.24, 2.45) is 17.3 Å². The van der Waals surface area contributed by atoms with Crippen LogP contribution in [0.1, 0.15) is 38.7 Å². The van der Waals surface area contributed by atoms with Gasteiger partial charge >= 0.3 is 0 Å². The van der Waals surface area contributed by atoms with Crippen molar-refractivity contribution in [2.45, 2.75) is 33.1 Å². The van der Waals surface area contributed by atoms with E-state index in [4.69, 9.17) is 0 Å². The molecule has 1 aromatic rings. The third-order valence-corrected chi connectivity index (χ3v) is 4.56. The van der Waals surface area contributed by atoms with Crippen LogP contribution in [0.3, 0.4) is 0 Å². The Morgan fingerprint density at radius 3 is 2.38 bits per heavy atom. The molecule has 1 heteroatoms. The van der Waals surface area contributed by atoms with Gasteiger partial charge < -0.3 is 0 Å². The quantitative estimate of drug-likeness (QED) is 0.695. The minimum Gasteiger partial charge on any atom is -0.0925 e. The van der Waals surface area contributed by atoms with E-state index >= 15 is 0 Å². The summed E-state index contributed by atoms with van der Waals surface area (Å²) in [4.78, 5) is 0. The van der Waals surface area contributed by atoms with Gasteiger partial charge in [-0.1, -0.05) is 67.0 Å². The summed E-state index contributed by atoms with van der Waals surface area (Å²) in [7, 11) is 0. The Labute approximate surface area is 108 Å². The lowest BCUT2D eigenvalue weighted by atomic mass is 9.78. The molecule has 1 aliphatic carbocycles. The van der Waals surface area contributed by atoms with E-state index in [0.717, 1.165) is 23.1 Å². The molecule has 0 nitrogen and oxygen atoms in total. The maximum absolute atomic E-state index is 3.69.